The van der Waals surface area contributed by atoms with Crippen LogP contribution >= 0.6 is 0 Å². The Hall–Kier alpha value is -5.37. The summed E-state index contributed by atoms with van der Waals surface area (Å²) in [5.41, 5.74) is 18.1. The topological polar surface area (TPSA) is 167 Å². The van der Waals surface area contributed by atoms with Gasteiger partial charge in [-0.1, -0.05) is 24.3 Å². The normalized spacial score (nSPS) is 19.4. The number of fused-ring (bicyclic) bond motifs is 3. The number of allylic oxidation sites excluding steroid dienone is 1. The van der Waals surface area contributed by atoms with Gasteiger partial charge in [0.1, 0.15) is 17.3 Å². The number of anilines is 2. The molecular formula is C37H45FN10O3. The van der Waals surface area contributed by atoms with E-state index in [1.165, 1.54) is 17.0 Å². The van der Waals surface area contributed by atoms with E-state index in [-0.39, 0.29) is 58.6 Å². The second-order valence-corrected chi connectivity index (χ2v) is 14.3. The van der Waals surface area contributed by atoms with Crippen molar-refractivity contribution in [1.82, 2.24) is 30.2 Å². The fourth-order valence-corrected chi connectivity index (χ4v) is 6.80. The van der Waals surface area contributed by atoms with Gasteiger partial charge in [-0.15, -0.1) is 0 Å². The van der Waals surface area contributed by atoms with Crippen molar-refractivity contribution in [2.45, 2.75) is 57.3 Å². The van der Waals surface area contributed by atoms with E-state index in [0.717, 1.165) is 48.2 Å². The van der Waals surface area contributed by atoms with Crippen molar-refractivity contribution in [3.05, 3.63) is 88.5 Å². The summed E-state index contributed by atoms with van der Waals surface area (Å²) in [6.07, 6.45) is 6.87. The first-order valence-corrected chi connectivity index (χ1v) is 17.4. The highest BCUT2D eigenvalue weighted by Crippen LogP contribution is 2.48. The Kier molecular flexibility index (Phi) is 8.96. The first-order chi connectivity index (χ1) is 24.4. The molecule has 2 aliphatic carbocycles. The summed E-state index contributed by atoms with van der Waals surface area (Å²) in [7, 11) is 5.24. The van der Waals surface area contributed by atoms with E-state index < -0.39 is 11.7 Å². The van der Waals surface area contributed by atoms with Crippen LogP contribution in [-0.4, -0.2) is 77.6 Å². The average molecular weight is 697 g/mol. The molecule has 7 rings (SSSR count). The first-order valence-electron chi connectivity index (χ1n) is 17.4. The molecule has 268 valence electrons. The quantitative estimate of drug-likeness (QED) is 0.150. The Bertz CT molecular complexity index is 1950. The third-order valence-corrected chi connectivity index (χ3v) is 10.1. The Morgan fingerprint density at radius 3 is 2.45 bits per heavy atom. The van der Waals surface area contributed by atoms with Crippen LogP contribution in [0.25, 0.3) is 11.1 Å². The molecule has 1 atom stereocenters. The summed E-state index contributed by atoms with van der Waals surface area (Å²) in [5.74, 6) is -1.33. The van der Waals surface area contributed by atoms with Crippen molar-refractivity contribution < 1.29 is 18.8 Å². The predicted octanol–water partition coefficient (Wildman–Crippen LogP) is 3.15. The Balaban J connectivity index is 1.13. The lowest BCUT2D eigenvalue weighted by Gasteiger charge is -2.42. The molecule has 1 aromatic heterocycles. The molecule has 51 heavy (non-hydrogen) atoms. The van der Waals surface area contributed by atoms with E-state index in [1.807, 2.05) is 31.4 Å². The number of para-hydroxylation sites is 1. The smallest absolute Gasteiger partial charge is 0.269 e. The monoisotopic (exact) mass is 696 g/mol. The van der Waals surface area contributed by atoms with E-state index in [2.05, 4.69) is 37.4 Å². The van der Waals surface area contributed by atoms with Gasteiger partial charge in [0, 0.05) is 75.5 Å². The summed E-state index contributed by atoms with van der Waals surface area (Å²) < 4.78 is 17.3. The molecule has 14 heteroatoms. The van der Waals surface area contributed by atoms with E-state index >= 15 is 4.39 Å². The minimum absolute atomic E-state index is 0.0337. The van der Waals surface area contributed by atoms with Crippen LogP contribution in [0, 0.1) is 11.7 Å². The highest BCUT2D eigenvalue weighted by Gasteiger charge is 2.37. The molecule has 3 aromatic rings. The lowest BCUT2D eigenvalue weighted by molar-refractivity contribution is -0.121. The van der Waals surface area contributed by atoms with Crippen LogP contribution in [0.4, 0.5) is 15.8 Å². The third kappa shape index (κ3) is 6.75. The minimum Gasteiger partial charge on any atom is -0.393 e. The highest BCUT2D eigenvalue weighted by atomic mass is 19.1. The van der Waals surface area contributed by atoms with Crippen LogP contribution in [-0.2, 0) is 16.1 Å². The summed E-state index contributed by atoms with van der Waals surface area (Å²) in [4.78, 5) is 43.6. The molecule has 0 spiro atoms. The van der Waals surface area contributed by atoms with Gasteiger partial charge in [0.2, 0.25) is 5.91 Å². The molecule has 1 saturated heterocycles. The van der Waals surface area contributed by atoms with Crippen molar-refractivity contribution in [3.8, 4) is 11.1 Å². The number of halogens is 1. The first kappa shape index (κ1) is 34.1. The SMILES string of the molecule is CC1c2c(cnn2C2CN(Cc3cccc(C(=O)N(C)C)c3F)C2)-c2cccc(NC(/C=C(\N)NC(=O)C3CC3)=C(/N)C(=O)NC3CC3)c2N1C. The van der Waals surface area contributed by atoms with Crippen LogP contribution in [0.1, 0.15) is 66.3 Å². The second-order valence-electron chi connectivity index (χ2n) is 14.3. The zero-order valence-corrected chi connectivity index (χ0v) is 29.4. The molecule has 4 aliphatic rings. The molecule has 0 bridgehead atoms. The number of hydrogen-bond acceptors (Lipinski definition) is 9. The largest absolute Gasteiger partial charge is 0.393 e. The number of nitrogens with zero attached hydrogens (tertiary/aromatic N) is 5. The summed E-state index contributed by atoms with van der Waals surface area (Å²) in [6.45, 7) is 3.89. The van der Waals surface area contributed by atoms with Gasteiger partial charge in [-0.3, -0.25) is 24.0 Å². The second kappa shape index (κ2) is 13.4. The van der Waals surface area contributed by atoms with Crippen LogP contribution in [0.2, 0.25) is 0 Å². The fourth-order valence-electron chi connectivity index (χ4n) is 6.80. The minimum atomic E-state index is -0.475. The molecular weight excluding hydrogens is 651 g/mol. The van der Waals surface area contributed by atoms with Crippen molar-refractivity contribution in [2.24, 2.45) is 17.4 Å². The molecule has 0 radical (unpaired) electrons. The Morgan fingerprint density at radius 1 is 1.04 bits per heavy atom. The van der Waals surface area contributed by atoms with E-state index in [9.17, 15) is 14.4 Å². The average Bonchev–Trinajstić information content (AvgIpc) is 4.03. The van der Waals surface area contributed by atoms with Crippen molar-refractivity contribution in [3.63, 3.8) is 0 Å². The number of nitrogens with one attached hydrogen (secondary N) is 3. The molecule has 3 fully saturated rings. The van der Waals surface area contributed by atoms with Crippen LogP contribution < -0.4 is 32.3 Å². The number of hydrogen-bond donors (Lipinski definition) is 5. The van der Waals surface area contributed by atoms with Crippen molar-refractivity contribution in [2.75, 3.05) is 44.4 Å². The molecule has 3 amide bonds. The lowest BCUT2D eigenvalue weighted by atomic mass is 9.93. The molecule has 7 N–H and O–H groups in total. The van der Waals surface area contributed by atoms with Gasteiger partial charge in [-0.05, 0) is 44.7 Å². The van der Waals surface area contributed by atoms with Gasteiger partial charge < -0.3 is 37.2 Å². The van der Waals surface area contributed by atoms with Crippen molar-refractivity contribution >= 4 is 29.1 Å². The number of likely N-dealkylation sites (tertiary alicyclic amines) is 1. The maximum absolute atomic E-state index is 15.3. The van der Waals surface area contributed by atoms with Gasteiger partial charge in [0.25, 0.3) is 11.8 Å². The number of carbonyl (C=O) groups excluding carboxylic acids is 3. The molecule has 13 nitrogen and oxygen atoms in total. The number of benzene rings is 2. The Labute approximate surface area is 296 Å². The number of carbonyl (C=O) groups is 3. The van der Waals surface area contributed by atoms with Gasteiger partial charge in [-0.2, -0.15) is 5.10 Å². The van der Waals surface area contributed by atoms with Gasteiger partial charge in [-0.25, -0.2) is 4.39 Å². The zero-order chi connectivity index (χ0) is 36.1. The van der Waals surface area contributed by atoms with Crippen LogP contribution in [0.5, 0.6) is 0 Å². The molecule has 2 aromatic carbocycles. The van der Waals surface area contributed by atoms with E-state index in [1.54, 1.807) is 26.2 Å². The standard InChI is InChI=1S/C37H45FN10O3/c1-20-33-27(16-41-48(33)24-18-47(19-24)17-22-7-5-9-26(31(22)38)37(51)45(2)3)25-8-6-10-28(34(25)46(20)4)43-29(32(40)36(50)42-23-13-14-23)15-30(39)44-35(49)21-11-12-21/h5-10,15-16,20-21,23-24,43H,11-14,17-19,39-40H2,1-4H3,(H,42,50)(H,44,49)/b30-15+,32-29+. The predicted molar refractivity (Wildman–Crippen MR) is 192 cm³/mol. The maximum atomic E-state index is 15.3. The highest BCUT2D eigenvalue weighted by molar-refractivity contribution is 5.97. The fraction of sp³-hybridized carbons (Fsp3) is 0.405. The molecule has 3 heterocycles. The van der Waals surface area contributed by atoms with E-state index in [0.29, 0.717) is 30.9 Å². The number of nitrogens with two attached hydrogens (primary N) is 2. The third-order valence-electron chi connectivity index (χ3n) is 10.1. The van der Waals surface area contributed by atoms with Crippen LogP contribution in [0.15, 0.2) is 65.9 Å². The summed E-state index contributed by atoms with van der Waals surface area (Å²) in [5, 5.41) is 13.9. The number of rotatable bonds is 11. The van der Waals surface area contributed by atoms with Gasteiger partial charge >= 0.3 is 0 Å². The summed E-state index contributed by atoms with van der Waals surface area (Å²) >= 11 is 0. The van der Waals surface area contributed by atoms with Crippen LogP contribution in [0.3, 0.4) is 0 Å². The number of aromatic nitrogens is 2. The number of amides is 3. The molecule has 1 unspecified atom stereocenters. The van der Waals surface area contributed by atoms with Crippen molar-refractivity contribution in [1.29, 1.82) is 0 Å². The Morgan fingerprint density at radius 2 is 1.76 bits per heavy atom. The van der Waals surface area contributed by atoms with Gasteiger partial charge in [0.15, 0.2) is 0 Å². The maximum Gasteiger partial charge on any atom is 0.269 e. The lowest BCUT2D eigenvalue weighted by Crippen LogP contribution is -2.48. The molecule has 2 aliphatic heterocycles. The van der Waals surface area contributed by atoms with Gasteiger partial charge in [0.05, 0.1) is 46.6 Å². The van der Waals surface area contributed by atoms with E-state index in [4.69, 9.17) is 16.6 Å². The molecule has 2 saturated carbocycles. The zero-order valence-electron chi connectivity index (χ0n) is 29.4. The summed E-state index contributed by atoms with van der Waals surface area (Å²) in [6, 6.07) is 11.0.